The molecular formula is C25H27N5O6S3. The molecule has 0 bridgehead atoms. The number of oxime groups is 1. The standard InChI is InChI=1S/C25H27N5O6S3/c1-11-5-14(8-37-13(3)31)6-12(2)16(11)7-15-9-38-23-19(22(33)30(23)20(15)24(34)35)28-21(32)18(29-36-4)17-10-39-25(26)27-17/h5-6,10,19,23H,7-9H2,1-4H3,(H2,26,27)(H,28,32)(H,34,35). The summed E-state index contributed by atoms with van der Waals surface area (Å²) in [5.41, 5.74) is 10.3. The summed E-state index contributed by atoms with van der Waals surface area (Å²) < 4.78 is 0. The van der Waals surface area contributed by atoms with Crippen LogP contribution in [0.2, 0.25) is 0 Å². The largest absolute Gasteiger partial charge is 0.477 e. The predicted molar refractivity (Wildman–Crippen MR) is 151 cm³/mol. The summed E-state index contributed by atoms with van der Waals surface area (Å²) in [6, 6.07) is 3.08. The lowest BCUT2D eigenvalue weighted by Crippen LogP contribution is -2.71. The van der Waals surface area contributed by atoms with Crippen LogP contribution in [0.1, 0.15) is 34.9 Å². The Morgan fingerprint density at radius 3 is 2.56 bits per heavy atom. The number of anilines is 1. The molecular weight excluding hydrogens is 563 g/mol. The molecule has 2 amide bonds. The topological polar surface area (TPSA) is 164 Å². The van der Waals surface area contributed by atoms with Gasteiger partial charge in [0.25, 0.3) is 11.8 Å². The number of amides is 2. The summed E-state index contributed by atoms with van der Waals surface area (Å²) in [4.78, 5) is 59.8. The molecule has 206 valence electrons. The van der Waals surface area contributed by atoms with Gasteiger partial charge in [-0.15, -0.1) is 23.1 Å². The van der Waals surface area contributed by atoms with E-state index in [9.17, 15) is 24.3 Å². The number of rotatable bonds is 9. The van der Waals surface area contributed by atoms with E-state index in [1.807, 2.05) is 26.0 Å². The van der Waals surface area contributed by atoms with Crippen LogP contribution in [0.3, 0.4) is 0 Å². The zero-order chi connectivity index (χ0) is 28.4. The van der Waals surface area contributed by atoms with Crippen molar-refractivity contribution in [2.45, 2.75) is 44.4 Å². The van der Waals surface area contributed by atoms with E-state index in [0.29, 0.717) is 23.5 Å². The van der Waals surface area contributed by atoms with Crippen LogP contribution in [0.25, 0.3) is 0 Å². The Balaban J connectivity index is 1.54. The number of benzene rings is 1. The van der Waals surface area contributed by atoms with Crippen LogP contribution >= 0.6 is 34.9 Å². The van der Waals surface area contributed by atoms with Crippen LogP contribution in [0.15, 0.2) is 33.9 Å². The van der Waals surface area contributed by atoms with Crippen LogP contribution in [0, 0.1) is 13.8 Å². The summed E-state index contributed by atoms with van der Waals surface area (Å²) in [5, 5.41) is 17.7. The van der Waals surface area contributed by atoms with Gasteiger partial charge in [-0.3, -0.25) is 19.3 Å². The zero-order valence-electron chi connectivity index (χ0n) is 21.6. The number of nitrogens with two attached hydrogens (primary N) is 1. The molecule has 1 aromatic heterocycles. The van der Waals surface area contributed by atoms with Gasteiger partial charge in [0.15, 0.2) is 16.0 Å². The third kappa shape index (κ3) is 5.97. The number of carboxylic acid groups (broad SMARTS) is 1. The number of hydrogen-bond donors (Lipinski definition) is 3. The van der Waals surface area contributed by atoms with Crippen molar-refractivity contribution in [3.8, 4) is 0 Å². The highest BCUT2D eigenvalue weighted by atomic mass is 32.2. The monoisotopic (exact) mass is 589 g/mol. The average molecular weight is 590 g/mol. The number of aromatic nitrogens is 1. The van der Waals surface area contributed by atoms with Crippen LogP contribution < -0.4 is 11.1 Å². The molecule has 2 aliphatic heterocycles. The Hall–Kier alpha value is -3.36. The van der Waals surface area contributed by atoms with E-state index in [4.69, 9.17) is 10.6 Å². The molecule has 2 aromatic rings. The Kier molecular flexibility index (Phi) is 8.67. The minimum Gasteiger partial charge on any atom is -0.477 e. The van der Waals surface area contributed by atoms with Crippen molar-refractivity contribution in [2.75, 3.05) is 18.6 Å². The number of carbonyl (C=O) groups is 4. The Labute approximate surface area is 237 Å². The van der Waals surface area contributed by atoms with Crippen LogP contribution in [-0.4, -0.2) is 67.9 Å². The SMILES string of the molecule is CON=C(C(=O)NC1C(=O)N2C(C(=O)O)=C(Cc3c(C)cc(CSC(C)=O)cc3C)CSC12)c1csc(N)n1. The second-order valence-electron chi connectivity index (χ2n) is 8.98. The number of nitrogen functional groups attached to an aromatic ring is 1. The summed E-state index contributed by atoms with van der Waals surface area (Å²) in [6.07, 6.45) is 0.371. The first kappa shape index (κ1) is 28.6. The van der Waals surface area contributed by atoms with Gasteiger partial charge in [-0.25, -0.2) is 9.78 Å². The summed E-state index contributed by atoms with van der Waals surface area (Å²) in [6.45, 7) is 5.45. The van der Waals surface area contributed by atoms with Gasteiger partial charge in [-0.2, -0.15) is 0 Å². The molecule has 0 saturated carbocycles. The van der Waals surface area contributed by atoms with Crippen LogP contribution in [-0.2, 0) is 36.2 Å². The number of thiazole rings is 1. The first-order chi connectivity index (χ1) is 18.5. The molecule has 1 aromatic carbocycles. The number of thioether (sulfide) groups is 2. The second-order valence-corrected chi connectivity index (χ2v) is 12.1. The molecule has 4 rings (SSSR count). The molecule has 2 aliphatic rings. The van der Waals surface area contributed by atoms with E-state index < -0.39 is 29.2 Å². The molecule has 14 heteroatoms. The highest BCUT2D eigenvalue weighted by molar-refractivity contribution is 8.12. The van der Waals surface area contributed by atoms with Crippen molar-refractivity contribution in [3.05, 3.63) is 56.7 Å². The molecule has 11 nitrogen and oxygen atoms in total. The maximum Gasteiger partial charge on any atom is 0.352 e. The predicted octanol–water partition coefficient (Wildman–Crippen LogP) is 2.45. The van der Waals surface area contributed by atoms with Gasteiger partial charge in [0, 0.05) is 23.8 Å². The van der Waals surface area contributed by atoms with Crippen molar-refractivity contribution >= 4 is 68.6 Å². The van der Waals surface area contributed by atoms with Crippen LogP contribution in [0.5, 0.6) is 0 Å². The fraction of sp³-hybridized carbons (Fsp3) is 0.360. The molecule has 3 heterocycles. The lowest BCUT2D eigenvalue weighted by molar-refractivity contribution is -0.150. The highest BCUT2D eigenvalue weighted by Crippen LogP contribution is 2.41. The molecule has 1 fully saturated rings. The lowest BCUT2D eigenvalue weighted by atomic mass is 9.92. The molecule has 0 aliphatic carbocycles. The second kappa shape index (κ2) is 11.8. The van der Waals surface area contributed by atoms with Crippen molar-refractivity contribution < 1.29 is 29.1 Å². The number of carboxylic acids is 1. The van der Waals surface area contributed by atoms with Gasteiger partial charge >= 0.3 is 5.97 Å². The van der Waals surface area contributed by atoms with Gasteiger partial charge in [0.2, 0.25) is 0 Å². The minimum atomic E-state index is -1.20. The van der Waals surface area contributed by atoms with Crippen molar-refractivity contribution in [1.82, 2.24) is 15.2 Å². The average Bonchev–Trinajstić information content (AvgIpc) is 3.31. The first-order valence-corrected chi connectivity index (χ1v) is 14.7. The molecule has 4 N–H and O–H groups in total. The van der Waals surface area contributed by atoms with Crippen molar-refractivity contribution in [2.24, 2.45) is 5.16 Å². The van der Waals surface area contributed by atoms with E-state index >= 15 is 0 Å². The maximum absolute atomic E-state index is 13.1. The number of hydrogen-bond acceptors (Lipinski definition) is 11. The number of nitrogens with zero attached hydrogens (tertiary/aromatic N) is 3. The van der Waals surface area contributed by atoms with Gasteiger partial charge in [-0.1, -0.05) is 29.1 Å². The number of nitrogens with one attached hydrogen (secondary N) is 1. The van der Waals surface area contributed by atoms with Gasteiger partial charge in [0.05, 0.1) is 0 Å². The third-order valence-corrected chi connectivity index (χ3v) is 9.18. The summed E-state index contributed by atoms with van der Waals surface area (Å²) >= 11 is 3.76. The maximum atomic E-state index is 13.1. The fourth-order valence-corrected chi connectivity index (χ4v) is 6.99. The van der Waals surface area contributed by atoms with E-state index in [1.54, 1.807) is 5.38 Å². The fourth-order valence-electron chi connectivity index (χ4n) is 4.56. The number of β-lactam (4-membered cyclic amide) rings is 1. The molecule has 39 heavy (non-hydrogen) atoms. The number of aryl methyl sites for hydroxylation is 2. The molecule has 1 saturated heterocycles. The Morgan fingerprint density at radius 2 is 2.00 bits per heavy atom. The van der Waals surface area contributed by atoms with E-state index in [-0.39, 0.29) is 27.3 Å². The first-order valence-electron chi connectivity index (χ1n) is 11.8. The lowest BCUT2D eigenvalue weighted by Gasteiger charge is -2.49. The summed E-state index contributed by atoms with van der Waals surface area (Å²) in [7, 11) is 1.28. The van der Waals surface area contributed by atoms with Crippen LogP contribution in [0.4, 0.5) is 5.13 Å². The van der Waals surface area contributed by atoms with Crippen molar-refractivity contribution in [1.29, 1.82) is 0 Å². The number of carbonyl (C=O) groups excluding carboxylic acids is 3. The van der Waals surface area contributed by atoms with E-state index in [1.165, 1.54) is 42.5 Å². The molecule has 2 atom stereocenters. The van der Waals surface area contributed by atoms with Gasteiger partial charge in [0.1, 0.15) is 29.9 Å². The Bertz CT molecular complexity index is 1400. The Morgan fingerprint density at radius 1 is 1.31 bits per heavy atom. The number of aliphatic carboxylic acids is 1. The highest BCUT2D eigenvalue weighted by Gasteiger charge is 2.54. The smallest absolute Gasteiger partial charge is 0.352 e. The molecule has 2 unspecified atom stereocenters. The molecule has 0 radical (unpaired) electrons. The quantitative estimate of drug-likeness (QED) is 0.225. The minimum absolute atomic E-state index is 0.0446. The van der Waals surface area contributed by atoms with Crippen molar-refractivity contribution in [3.63, 3.8) is 0 Å². The zero-order valence-corrected chi connectivity index (χ0v) is 24.1. The number of fused-ring (bicyclic) bond motifs is 1. The van der Waals surface area contributed by atoms with Gasteiger partial charge in [-0.05, 0) is 48.1 Å². The normalized spacial score (nSPS) is 18.9. The van der Waals surface area contributed by atoms with Gasteiger partial charge < -0.3 is 21.0 Å². The molecule has 0 spiro atoms. The van der Waals surface area contributed by atoms with E-state index in [0.717, 1.165) is 33.6 Å². The third-order valence-electron chi connectivity index (χ3n) is 6.29. The van der Waals surface area contributed by atoms with E-state index in [2.05, 4.69) is 15.5 Å². The summed E-state index contributed by atoms with van der Waals surface area (Å²) in [5.74, 6) is -1.44.